The minimum atomic E-state index is -0.908. The van der Waals surface area contributed by atoms with Crippen LogP contribution in [0.3, 0.4) is 0 Å². The highest BCUT2D eigenvalue weighted by atomic mass is 79.9. The van der Waals surface area contributed by atoms with E-state index in [1.165, 1.54) is 0 Å². The lowest BCUT2D eigenvalue weighted by atomic mass is 10.1. The van der Waals surface area contributed by atoms with Crippen molar-refractivity contribution in [2.24, 2.45) is 0 Å². The Labute approximate surface area is 133 Å². The van der Waals surface area contributed by atoms with E-state index in [-0.39, 0.29) is 24.5 Å². The zero-order valence-corrected chi connectivity index (χ0v) is 13.8. The summed E-state index contributed by atoms with van der Waals surface area (Å²) in [6.45, 7) is 3.84. The smallest absolute Gasteiger partial charge is 0.315 e. The van der Waals surface area contributed by atoms with Gasteiger partial charge in [-0.15, -0.1) is 0 Å². The maximum absolute atomic E-state index is 11.9. The molecule has 6 heteroatoms. The van der Waals surface area contributed by atoms with Gasteiger partial charge in [-0.05, 0) is 31.0 Å². The number of benzene rings is 1. The van der Waals surface area contributed by atoms with Crippen molar-refractivity contribution in [3.8, 4) is 0 Å². The molecule has 0 aliphatic rings. The van der Waals surface area contributed by atoms with E-state index in [4.69, 9.17) is 5.11 Å². The van der Waals surface area contributed by atoms with Gasteiger partial charge in [-0.3, -0.25) is 4.79 Å². The Morgan fingerprint density at radius 3 is 2.38 bits per heavy atom. The van der Waals surface area contributed by atoms with Crippen molar-refractivity contribution >= 4 is 27.9 Å². The number of nitrogens with one attached hydrogen (secondary N) is 2. The van der Waals surface area contributed by atoms with E-state index < -0.39 is 5.97 Å². The zero-order chi connectivity index (χ0) is 15.8. The molecule has 1 aromatic rings. The summed E-state index contributed by atoms with van der Waals surface area (Å²) in [6.07, 6.45) is 1.40. The number of halogens is 1. The molecule has 0 saturated heterocycles. The Bertz CT molecular complexity index is 476. The second-order valence-corrected chi connectivity index (χ2v) is 5.89. The lowest BCUT2D eigenvalue weighted by molar-refractivity contribution is -0.137. The summed E-state index contributed by atoms with van der Waals surface area (Å²) in [4.78, 5) is 22.7. The Morgan fingerprint density at radius 1 is 1.24 bits per heavy atom. The van der Waals surface area contributed by atoms with Gasteiger partial charge in [0.1, 0.15) is 0 Å². The zero-order valence-electron chi connectivity index (χ0n) is 12.2. The standard InChI is InChI=1S/C15H21BrN2O3/c1-3-4-13(9-14(19)20)18-15(21)17-10(2)11-5-7-12(16)8-6-11/h5-8,10,13H,3-4,9H2,1-2H3,(H,19,20)(H2,17,18,21). The Hall–Kier alpha value is -1.56. The lowest BCUT2D eigenvalue weighted by Gasteiger charge is -2.20. The molecule has 0 spiro atoms. The van der Waals surface area contributed by atoms with Crippen LogP contribution in [0.2, 0.25) is 0 Å². The van der Waals surface area contributed by atoms with Crippen LogP contribution in [0.5, 0.6) is 0 Å². The van der Waals surface area contributed by atoms with Gasteiger partial charge in [-0.25, -0.2) is 4.79 Å². The second-order valence-electron chi connectivity index (χ2n) is 4.97. The molecule has 3 N–H and O–H groups in total. The highest BCUT2D eigenvalue weighted by molar-refractivity contribution is 9.10. The number of carboxylic acid groups (broad SMARTS) is 1. The van der Waals surface area contributed by atoms with Crippen molar-refractivity contribution in [2.75, 3.05) is 0 Å². The van der Waals surface area contributed by atoms with Crippen LogP contribution in [0.25, 0.3) is 0 Å². The van der Waals surface area contributed by atoms with E-state index in [1.54, 1.807) is 0 Å². The van der Waals surface area contributed by atoms with Crippen LogP contribution in [0.15, 0.2) is 28.7 Å². The Kier molecular flexibility index (Phi) is 7.22. The van der Waals surface area contributed by atoms with E-state index in [2.05, 4.69) is 26.6 Å². The van der Waals surface area contributed by atoms with E-state index in [1.807, 2.05) is 38.1 Å². The summed E-state index contributed by atoms with van der Waals surface area (Å²) in [5.74, 6) is -0.908. The SMILES string of the molecule is CCCC(CC(=O)O)NC(=O)NC(C)c1ccc(Br)cc1. The molecule has 21 heavy (non-hydrogen) atoms. The molecule has 0 heterocycles. The minimum Gasteiger partial charge on any atom is -0.481 e. The van der Waals surface area contributed by atoms with Crippen LogP contribution in [0.4, 0.5) is 4.79 Å². The van der Waals surface area contributed by atoms with Crippen LogP contribution in [-0.2, 0) is 4.79 Å². The van der Waals surface area contributed by atoms with Gasteiger partial charge in [0.05, 0.1) is 12.5 Å². The molecule has 0 radical (unpaired) electrons. The van der Waals surface area contributed by atoms with Gasteiger partial charge in [0.25, 0.3) is 0 Å². The summed E-state index contributed by atoms with van der Waals surface area (Å²) in [5.41, 5.74) is 0.985. The van der Waals surface area contributed by atoms with Crippen molar-refractivity contribution in [1.82, 2.24) is 10.6 Å². The molecule has 116 valence electrons. The molecular formula is C15H21BrN2O3. The molecule has 1 aromatic carbocycles. The Balaban J connectivity index is 2.54. The average Bonchev–Trinajstić information content (AvgIpc) is 2.38. The molecule has 2 amide bonds. The number of hydrogen-bond donors (Lipinski definition) is 3. The highest BCUT2D eigenvalue weighted by Gasteiger charge is 2.16. The summed E-state index contributed by atoms with van der Waals surface area (Å²) >= 11 is 3.36. The van der Waals surface area contributed by atoms with Gasteiger partial charge < -0.3 is 15.7 Å². The highest BCUT2D eigenvalue weighted by Crippen LogP contribution is 2.16. The molecule has 2 atom stereocenters. The number of urea groups is 1. The molecule has 0 aliphatic heterocycles. The first-order chi connectivity index (χ1) is 9.92. The van der Waals surface area contributed by atoms with Crippen molar-refractivity contribution in [3.05, 3.63) is 34.3 Å². The molecular weight excluding hydrogens is 336 g/mol. The number of hydrogen-bond acceptors (Lipinski definition) is 2. The fourth-order valence-electron chi connectivity index (χ4n) is 2.04. The van der Waals surface area contributed by atoms with Crippen molar-refractivity contribution < 1.29 is 14.7 Å². The first-order valence-corrected chi connectivity index (χ1v) is 7.76. The molecule has 0 fully saturated rings. The molecule has 5 nitrogen and oxygen atoms in total. The predicted molar refractivity (Wildman–Crippen MR) is 85.2 cm³/mol. The van der Waals surface area contributed by atoms with Crippen LogP contribution in [-0.4, -0.2) is 23.1 Å². The lowest BCUT2D eigenvalue weighted by Crippen LogP contribution is -2.43. The molecule has 1 rings (SSSR count). The van der Waals surface area contributed by atoms with Crippen LogP contribution < -0.4 is 10.6 Å². The topological polar surface area (TPSA) is 78.4 Å². The fourth-order valence-corrected chi connectivity index (χ4v) is 2.31. The fraction of sp³-hybridized carbons (Fsp3) is 0.467. The van der Waals surface area contributed by atoms with Gasteiger partial charge in [-0.2, -0.15) is 0 Å². The number of carbonyl (C=O) groups is 2. The quantitative estimate of drug-likeness (QED) is 0.699. The summed E-state index contributed by atoms with van der Waals surface area (Å²) in [6, 6.07) is 6.84. The molecule has 0 saturated carbocycles. The van der Waals surface area contributed by atoms with E-state index in [9.17, 15) is 9.59 Å². The summed E-state index contributed by atoms with van der Waals surface area (Å²) < 4.78 is 0.979. The van der Waals surface area contributed by atoms with Crippen LogP contribution in [0.1, 0.15) is 44.7 Å². The normalized spacial score (nSPS) is 13.3. The van der Waals surface area contributed by atoms with Crippen molar-refractivity contribution in [2.45, 2.75) is 45.2 Å². The van der Waals surface area contributed by atoms with Gasteiger partial charge in [0.15, 0.2) is 0 Å². The summed E-state index contributed by atoms with van der Waals surface area (Å²) in [5, 5.41) is 14.4. The van der Waals surface area contributed by atoms with E-state index in [0.29, 0.717) is 6.42 Å². The number of rotatable bonds is 7. The maximum atomic E-state index is 11.9. The first-order valence-electron chi connectivity index (χ1n) is 6.96. The van der Waals surface area contributed by atoms with Crippen molar-refractivity contribution in [1.29, 1.82) is 0 Å². The van der Waals surface area contributed by atoms with Gasteiger partial charge in [0.2, 0.25) is 0 Å². The molecule has 0 bridgehead atoms. The maximum Gasteiger partial charge on any atom is 0.315 e. The van der Waals surface area contributed by atoms with Crippen LogP contribution >= 0.6 is 15.9 Å². The van der Waals surface area contributed by atoms with Crippen molar-refractivity contribution in [3.63, 3.8) is 0 Å². The third kappa shape index (κ3) is 6.62. The van der Waals surface area contributed by atoms with E-state index >= 15 is 0 Å². The number of carbonyl (C=O) groups excluding carboxylic acids is 1. The van der Waals surface area contributed by atoms with Gasteiger partial charge in [0, 0.05) is 10.5 Å². The predicted octanol–water partition coefficient (Wildman–Crippen LogP) is 3.45. The van der Waals surface area contributed by atoms with E-state index in [0.717, 1.165) is 16.5 Å². The third-order valence-electron chi connectivity index (χ3n) is 3.11. The number of amides is 2. The Morgan fingerprint density at radius 2 is 1.86 bits per heavy atom. The number of aliphatic carboxylic acids is 1. The first kappa shape index (κ1) is 17.5. The average molecular weight is 357 g/mol. The number of carboxylic acids is 1. The monoisotopic (exact) mass is 356 g/mol. The van der Waals surface area contributed by atoms with Gasteiger partial charge >= 0.3 is 12.0 Å². The largest absolute Gasteiger partial charge is 0.481 e. The van der Waals surface area contributed by atoms with Crippen LogP contribution in [0, 0.1) is 0 Å². The molecule has 0 aliphatic carbocycles. The molecule has 0 aromatic heterocycles. The van der Waals surface area contributed by atoms with Gasteiger partial charge in [-0.1, -0.05) is 41.4 Å². The molecule has 2 unspecified atom stereocenters. The second kappa shape index (κ2) is 8.67. The summed E-state index contributed by atoms with van der Waals surface area (Å²) in [7, 11) is 0. The minimum absolute atomic E-state index is 0.0616. The third-order valence-corrected chi connectivity index (χ3v) is 3.64.